The topological polar surface area (TPSA) is 62.3 Å². The predicted molar refractivity (Wildman–Crippen MR) is 66.9 cm³/mol. The fourth-order valence-electron chi connectivity index (χ4n) is 2.16. The smallest absolute Gasteiger partial charge is 0.256 e. The Hall–Kier alpha value is -1.98. The van der Waals surface area contributed by atoms with Crippen molar-refractivity contribution in [2.24, 2.45) is 0 Å². The average molecular weight is 265 g/mol. The zero-order valence-corrected chi connectivity index (χ0v) is 10.7. The maximum atomic E-state index is 13.3. The van der Waals surface area contributed by atoms with Gasteiger partial charge in [0.15, 0.2) is 0 Å². The van der Waals surface area contributed by atoms with Gasteiger partial charge in [0.2, 0.25) is 11.9 Å². The van der Waals surface area contributed by atoms with E-state index < -0.39 is 11.9 Å². The van der Waals surface area contributed by atoms with Gasteiger partial charge in [-0.3, -0.25) is 9.59 Å². The lowest BCUT2D eigenvalue weighted by atomic mass is 10.0. The van der Waals surface area contributed by atoms with Gasteiger partial charge in [0.1, 0.15) is 0 Å². The minimum atomic E-state index is -0.763. The SMILES string of the molecule is CC(=O)N1CCC(NC(=O)c2cccnc2F)CC1. The van der Waals surface area contributed by atoms with Crippen LogP contribution in [0.1, 0.15) is 30.1 Å². The Morgan fingerprint density at radius 1 is 1.42 bits per heavy atom. The number of amides is 2. The molecule has 6 heteroatoms. The number of piperidine rings is 1. The lowest BCUT2D eigenvalue weighted by Gasteiger charge is -2.31. The molecular formula is C13H16FN3O2. The predicted octanol–water partition coefficient (Wildman–Crippen LogP) is 0.961. The van der Waals surface area contributed by atoms with E-state index in [0.717, 1.165) is 0 Å². The van der Waals surface area contributed by atoms with Crippen LogP contribution < -0.4 is 5.32 Å². The van der Waals surface area contributed by atoms with Crippen molar-refractivity contribution in [1.82, 2.24) is 15.2 Å². The molecule has 1 aromatic heterocycles. The van der Waals surface area contributed by atoms with E-state index in [0.29, 0.717) is 25.9 Å². The maximum absolute atomic E-state index is 13.3. The Morgan fingerprint density at radius 2 is 2.11 bits per heavy atom. The number of carbonyl (C=O) groups excluding carboxylic acids is 2. The number of halogens is 1. The molecule has 0 saturated carbocycles. The highest BCUT2D eigenvalue weighted by Gasteiger charge is 2.23. The first-order valence-electron chi connectivity index (χ1n) is 6.25. The van der Waals surface area contributed by atoms with Gasteiger partial charge in [-0.05, 0) is 25.0 Å². The van der Waals surface area contributed by atoms with Crippen molar-refractivity contribution in [1.29, 1.82) is 0 Å². The van der Waals surface area contributed by atoms with Crippen molar-refractivity contribution < 1.29 is 14.0 Å². The second kappa shape index (κ2) is 5.77. The Bertz CT molecular complexity index is 485. The second-order valence-electron chi connectivity index (χ2n) is 4.60. The summed E-state index contributed by atoms with van der Waals surface area (Å²) in [6, 6.07) is 2.90. The van der Waals surface area contributed by atoms with Gasteiger partial charge in [-0.2, -0.15) is 4.39 Å². The van der Waals surface area contributed by atoms with Gasteiger partial charge in [-0.25, -0.2) is 4.98 Å². The van der Waals surface area contributed by atoms with Crippen molar-refractivity contribution in [2.75, 3.05) is 13.1 Å². The first kappa shape index (κ1) is 13.5. The van der Waals surface area contributed by atoms with E-state index >= 15 is 0 Å². The molecule has 0 atom stereocenters. The zero-order valence-electron chi connectivity index (χ0n) is 10.7. The highest BCUT2D eigenvalue weighted by molar-refractivity contribution is 5.94. The van der Waals surface area contributed by atoms with Crippen molar-refractivity contribution in [2.45, 2.75) is 25.8 Å². The summed E-state index contributed by atoms with van der Waals surface area (Å²) in [7, 11) is 0. The molecule has 0 radical (unpaired) electrons. The third-order valence-corrected chi connectivity index (χ3v) is 3.28. The molecule has 5 nitrogen and oxygen atoms in total. The van der Waals surface area contributed by atoms with Crippen molar-refractivity contribution >= 4 is 11.8 Å². The lowest BCUT2D eigenvalue weighted by molar-refractivity contribution is -0.129. The molecule has 1 aliphatic rings. The lowest BCUT2D eigenvalue weighted by Crippen LogP contribution is -2.46. The third kappa shape index (κ3) is 3.27. The molecule has 2 amide bonds. The number of likely N-dealkylation sites (tertiary alicyclic amines) is 1. The van der Waals surface area contributed by atoms with E-state index in [2.05, 4.69) is 10.3 Å². The summed E-state index contributed by atoms with van der Waals surface area (Å²) < 4.78 is 13.3. The molecule has 1 aromatic rings. The monoisotopic (exact) mass is 265 g/mol. The van der Waals surface area contributed by atoms with Gasteiger partial charge in [-0.15, -0.1) is 0 Å². The molecule has 1 saturated heterocycles. The molecular weight excluding hydrogens is 249 g/mol. The number of rotatable bonds is 2. The number of carbonyl (C=O) groups is 2. The van der Waals surface area contributed by atoms with Crippen LogP contribution in [0.2, 0.25) is 0 Å². The standard InChI is InChI=1S/C13H16FN3O2/c1-9(18)17-7-4-10(5-8-17)16-13(19)11-3-2-6-15-12(11)14/h2-3,6,10H,4-5,7-8H2,1H3,(H,16,19). The Morgan fingerprint density at radius 3 is 2.68 bits per heavy atom. The second-order valence-corrected chi connectivity index (χ2v) is 4.60. The van der Waals surface area contributed by atoms with Crippen LogP contribution in [0.25, 0.3) is 0 Å². The van der Waals surface area contributed by atoms with Gasteiger partial charge in [-0.1, -0.05) is 0 Å². The van der Waals surface area contributed by atoms with Crippen LogP contribution in [0.15, 0.2) is 18.3 Å². The summed E-state index contributed by atoms with van der Waals surface area (Å²) in [5, 5.41) is 2.78. The van der Waals surface area contributed by atoms with Crippen LogP contribution in [0.4, 0.5) is 4.39 Å². The van der Waals surface area contributed by atoms with Crippen molar-refractivity contribution in [3.63, 3.8) is 0 Å². The molecule has 0 aromatic carbocycles. The molecule has 19 heavy (non-hydrogen) atoms. The first-order valence-corrected chi connectivity index (χ1v) is 6.25. The molecule has 2 heterocycles. The summed E-state index contributed by atoms with van der Waals surface area (Å²) in [6.45, 7) is 2.77. The summed E-state index contributed by atoms with van der Waals surface area (Å²) in [5.41, 5.74) is -0.0449. The molecule has 0 spiro atoms. The van der Waals surface area contributed by atoms with Crippen LogP contribution in [0.3, 0.4) is 0 Å². The van der Waals surface area contributed by atoms with E-state index in [1.165, 1.54) is 25.3 Å². The molecule has 1 fully saturated rings. The normalized spacial score (nSPS) is 16.2. The molecule has 1 N–H and O–H groups in total. The molecule has 1 aliphatic heterocycles. The first-order chi connectivity index (χ1) is 9.08. The molecule has 102 valence electrons. The summed E-state index contributed by atoms with van der Waals surface area (Å²) in [4.78, 5) is 28.2. The summed E-state index contributed by atoms with van der Waals surface area (Å²) in [5.74, 6) is -1.17. The fraction of sp³-hybridized carbons (Fsp3) is 0.462. The molecule has 2 rings (SSSR count). The van der Waals surface area contributed by atoms with Crippen LogP contribution in [-0.2, 0) is 4.79 Å². The largest absolute Gasteiger partial charge is 0.349 e. The minimum Gasteiger partial charge on any atom is -0.349 e. The zero-order chi connectivity index (χ0) is 13.8. The fourth-order valence-corrected chi connectivity index (χ4v) is 2.16. The van der Waals surface area contributed by atoms with Gasteiger partial charge >= 0.3 is 0 Å². The summed E-state index contributed by atoms with van der Waals surface area (Å²) >= 11 is 0. The highest BCUT2D eigenvalue weighted by atomic mass is 19.1. The molecule has 0 unspecified atom stereocenters. The van der Waals surface area contributed by atoms with E-state index in [1.54, 1.807) is 4.90 Å². The van der Waals surface area contributed by atoms with E-state index in [-0.39, 0.29) is 17.5 Å². The number of pyridine rings is 1. The molecule has 0 aliphatic carbocycles. The average Bonchev–Trinajstić information content (AvgIpc) is 2.39. The number of aromatic nitrogens is 1. The van der Waals surface area contributed by atoms with Crippen LogP contribution in [0.5, 0.6) is 0 Å². The van der Waals surface area contributed by atoms with Crippen molar-refractivity contribution in [3.8, 4) is 0 Å². The Labute approximate surface area is 110 Å². The number of hydrogen-bond acceptors (Lipinski definition) is 3. The molecule has 0 bridgehead atoms. The third-order valence-electron chi connectivity index (χ3n) is 3.28. The van der Waals surface area contributed by atoms with Crippen LogP contribution >= 0.6 is 0 Å². The highest BCUT2D eigenvalue weighted by Crippen LogP contribution is 2.12. The number of hydrogen-bond donors (Lipinski definition) is 1. The number of nitrogens with one attached hydrogen (secondary N) is 1. The van der Waals surface area contributed by atoms with E-state index in [4.69, 9.17) is 0 Å². The maximum Gasteiger partial charge on any atom is 0.256 e. The van der Waals surface area contributed by atoms with E-state index in [1.807, 2.05) is 0 Å². The van der Waals surface area contributed by atoms with E-state index in [9.17, 15) is 14.0 Å². The van der Waals surface area contributed by atoms with Crippen LogP contribution in [-0.4, -0.2) is 40.8 Å². The van der Waals surface area contributed by atoms with Gasteiger partial charge in [0.25, 0.3) is 5.91 Å². The van der Waals surface area contributed by atoms with Gasteiger partial charge in [0.05, 0.1) is 5.56 Å². The quantitative estimate of drug-likeness (QED) is 0.810. The van der Waals surface area contributed by atoms with Crippen molar-refractivity contribution in [3.05, 3.63) is 29.8 Å². The van der Waals surface area contributed by atoms with Crippen LogP contribution in [0, 0.1) is 5.95 Å². The minimum absolute atomic E-state index is 0.0253. The van der Waals surface area contributed by atoms with Gasteiger partial charge < -0.3 is 10.2 Å². The Kier molecular flexibility index (Phi) is 4.09. The summed E-state index contributed by atoms with van der Waals surface area (Å²) in [6.07, 6.45) is 2.68. The van der Waals surface area contributed by atoms with Gasteiger partial charge in [0, 0.05) is 32.3 Å². The number of nitrogens with zero attached hydrogens (tertiary/aromatic N) is 2. The Balaban J connectivity index is 1.91.